The molecule has 0 bridgehead atoms. The van der Waals surface area contributed by atoms with Crippen molar-refractivity contribution in [3.63, 3.8) is 0 Å². The van der Waals surface area contributed by atoms with E-state index in [1.165, 1.54) is 28.3 Å². The van der Waals surface area contributed by atoms with Crippen LogP contribution in [0.5, 0.6) is 0 Å². The molecule has 1 aliphatic carbocycles. The van der Waals surface area contributed by atoms with Crippen LogP contribution >= 0.6 is 22.7 Å². The van der Waals surface area contributed by atoms with Gasteiger partial charge < -0.3 is 10.2 Å². The molecule has 1 aliphatic rings. The first kappa shape index (κ1) is 14.0. The number of aromatic nitrogens is 1. The first-order valence-corrected chi connectivity index (χ1v) is 8.91. The first-order valence-electron chi connectivity index (χ1n) is 7.21. The van der Waals surface area contributed by atoms with Gasteiger partial charge in [0.2, 0.25) is 0 Å². The van der Waals surface area contributed by atoms with Gasteiger partial charge in [0, 0.05) is 29.3 Å². The van der Waals surface area contributed by atoms with E-state index in [-0.39, 0.29) is 0 Å². The number of hydrogen-bond acceptors (Lipinski definition) is 5. The number of nitrogens with one attached hydrogen (secondary N) is 1. The third-order valence-corrected chi connectivity index (χ3v) is 5.56. The highest BCUT2D eigenvalue weighted by molar-refractivity contribution is 7.15. The average molecular weight is 307 g/mol. The normalized spacial score (nSPS) is 14.7. The Morgan fingerprint density at radius 2 is 2.30 bits per heavy atom. The van der Waals surface area contributed by atoms with Crippen molar-refractivity contribution in [1.82, 2.24) is 10.3 Å². The molecule has 0 spiro atoms. The van der Waals surface area contributed by atoms with Gasteiger partial charge in [-0.1, -0.05) is 13.0 Å². The van der Waals surface area contributed by atoms with Crippen LogP contribution in [0.4, 0.5) is 5.13 Å². The van der Waals surface area contributed by atoms with E-state index in [0.717, 1.165) is 30.7 Å². The van der Waals surface area contributed by atoms with Crippen LogP contribution in [-0.4, -0.2) is 18.6 Å². The van der Waals surface area contributed by atoms with Gasteiger partial charge in [-0.05, 0) is 30.8 Å². The van der Waals surface area contributed by atoms with Gasteiger partial charge in [-0.15, -0.1) is 22.7 Å². The lowest BCUT2D eigenvalue weighted by Gasteiger charge is -2.14. The van der Waals surface area contributed by atoms with Crippen LogP contribution in [0.1, 0.15) is 41.1 Å². The Morgan fingerprint density at radius 1 is 1.45 bits per heavy atom. The Kier molecular flexibility index (Phi) is 4.38. The lowest BCUT2D eigenvalue weighted by molar-refractivity contribution is 0.726. The Hall–Kier alpha value is -0.910. The van der Waals surface area contributed by atoms with Crippen molar-refractivity contribution in [2.24, 2.45) is 0 Å². The standard InChI is InChI=1S/C15H21N3S2/c1-3-16-9-13-14(11-6-7-11)17-15(20-13)18(2)10-12-5-4-8-19-12/h4-5,8,11,16H,3,6-7,9-10H2,1-2H3. The van der Waals surface area contributed by atoms with Crippen LogP contribution in [0, 0.1) is 0 Å². The second-order valence-electron chi connectivity index (χ2n) is 5.29. The molecule has 0 amide bonds. The molecule has 0 unspecified atom stereocenters. The van der Waals surface area contributed by atoms with Gasteiger partial charge in [0.05, 0.1) is 12.2 Å². The van der Waals surface area contributed by atoms with Crippen LogP contribution in [0.3, 0.4) is 0 Å². The van der Waals surface area contributed by atoms with Crippen molar-refractivity contribution in [3.05, 3.63) is 33.0 Å². The van der Waals surface area contributed by atoms with Gasteiger partial charge in [-0.2, -0.15) is 0 Å². The summed E-state index contributed by atoms with van der Waals surface area (Å²) < 4.78 is 0. The molecule has 3 rings (SSSR count). The molecule has 5 heteroatoms. The maximum Gasteiger partial charge on any atom is 0.185 e. The van der Waals surface area contributed by atoms with Crippen molar-refractivity contribution < 1.29 is 0 Å². The molecule has 2 heterocycles. The van der Waals surface area contributed by atoms with Gasteiger partial charge in [-0.3, -0.25) is 0 Å². The zero-order valence-corrected chi connectivity index (χ0v) is 13.7. The highest BCUT2D eigenvalue weighted by Crippen LogP contribution is 2.44. The number of nitrogens with zero attached hydrogens (tertiary/aromatic N) is 2. The lowest BCUT2D eigenvalue weighted by atomic mass is 10.2. The predicted molar refractivity (Wildman–Crippen MR) is 87.9 cm³/mol. The highest BCUT2D eigenvalue weighted by atomic mass is 32.1. The predicted octanol–water partition coefficient (Wildman–Crippen LogP) is 3.83. The fourth-order valence-corrected chi connectivity index (χ4v) is 4.09. The monoisotopic (exact) mass is 307 g/mol. The molecule has 0 radical (unpaired) electrons. The molecule has 0 saturated heterocycles. The number of hydrogen-bond donors (Lipinski definition) is 1. The first-order chi connectivity index (χ1) is 9.78. The average Bonchev–Trinajstić information content (AvgIpc) is 3.00. The quantitative estimate of drug-likeness (QED) is 0.842. The number of rotatable bonds is 7. The van der Waals surface area contributed by atoms with Crippen LogP contribution < -0.4 is 10.2 Å². The lowest BCUT2D eigenvalue weighted by Crippen LogP contribution is -2.15. The number of thiophene rings is 1. The number of thiazole rings is 1. The molecule has 108 valence electrons. The van der Waals surface area contributed by atoms with Crippen molar-refractivity contribution in [2.75, 3.05) is 18.5 Å². The summed E-state index contributed by atoms with van der Waals surface area (Å²) in [5, 5.41) is 6.74. The van der Waals surface area contributed by atoms with Crippen LogP contribution in [0.15, 0.2) is 17.5 Å². The smallest absolute Gasteiger partial charge is 0.185 e. The molecular formula is C15H21N3S2. The summed E-state index contributed by atoms with van der Waals surface area (Å²) in [5.74, 6) is 0.726. The Balaban J connectivity index is 1.75. The third kappa shape index (κ3) is 3.22. The zero-order chi connectivity index (χ0) is 13.9. The molecule has 3 nitrogen and oxygen atoms in total. The van der Waals surface area contributed by atoms with E-state index in [1.807, 2.05) is 22.7 Å². The highest BCUT2D eigenvalue weighted by Gasteiger charge is 2.30. The number of anilines is 1. The summed E-state index contributed by atoms with van der Waals surface area (Å²) in [5.41, 5.74) is 1.35. The largest absolute Gasteiger partial charge is 0.346 e. The fraction of sp³-hybridized carbons (Fsp3) is 0.533. The topological polar surface area (TPSA) is 28.2 Å². The Bertz CT molecular complexity index is 543. The van der Waals surface area contributed by atoms with Crippen LogP contribution in [-0.2, 0) is 13.1 Å². The van der Waals surface area contributed by atoms with Crippen molar-refractivity contribution in [3.8, 4) is 0 Å². The summed E-state index contributed by atoms with van der Waals surface area (Å²) in [6.45, 7) is 5.09. The summed E-state index contributed by atoms with van der Waals surface area (Å²) in [6.07, 6.45) is 2.63. The van der Waals surface area contributed by atoms with Gasteiger partial charge in [0.15, 0.2) is 5.13 Å². The van der Waals surface area contributed by atoms with Crippen molar-refractivity contribution in [2.45, 2.75) is 38.8 Å². The minimum Gasteiger partial charge on any atom is -0.346 e. The van der Waals surface area contributed by atoms with Crippen molar-refractivity contribution in [1.29, 1.82) is 0 Å². The van der Waals surface area contributed by atoms with Gasteiger partial charge >= 0.3 is 0 Å². The van der Waals surface area contributed by atoms with E-state index >= 15 is 0 Å². The molecule has 1 N–H and O–H groups in total. The van der Waals surface area contributed by atoms with Gasteiger partial charge in [0.25, 0.3) is 0 Å². The van der Waals surface area contributed by atoms with Crippen LogP contribution in [0.25, 0.3) is 0 Å². The second kappa shape index (κ2) is 6.24. The third-order valence-electron chi connectivity index (χ3n) is 3.52. The van der Waals surface area contributed by atoms with Gasteiger partial charge in [0.1, 0.15) is 0 Å². The maximum absolute atomic E-state index is 4.91. The molecule has 20 heavy (non-hydrogen) atoms. The van der Waals surface area contributed by atoms with Gasteiger partial charge in [-0.25, -0.2) is 4.98 Å². The molecule has 0 aliphatic heterocycles. The second-order valence-corrected chi connectivity index (χ2v) is 7.39. The minimum absolute atomic E-state index is 0.726. The summed E-state index contributed by atoms with van der Waals surface area (Å²) >= 11 is 3.67. The Labute approximate surface area is 128 Å². The van der Waals surface area contributed by atoms with E-state index in [2.05, 4.69) is 41.7 Å². The van der Waals surface area contributed by atoms with E-state index in [9.17, 15) is 0 Å². The van der Waals surface area contributed by atoms with E-state index in [0.29, 0.717) is 0 Å². The summed E-state index contributed by atoms with van der Waals surface area (Å²) in [7, 11) is 2.15. The minimum atomic E-state index is 0.726. The summed E-state index contributed by atoms with van der Waals surface area (Å²) in [6, 6.07) is 4.30. The SMILES string of the molecule is CCNCc1sc(N(C)Cc2cccs2)nc1C1CC1. The molecular weight excluding hydrogens is 286 g/mol. The fourth-order valence-electron chi connectivity index (χ4n) is 2.26. The summed E-state index contributed by atoms with van der Waals surface area (Å²) in [4.78, 5) is 10.0. The van der Waals surface area contributed by atoms with Crippen LogP contribution in [0.2, 0.25) is 0 Å². The molecule has 0 atom stereocenters. The molecule has 1 fully saturated rings. The maximum atomic E-state index is 4.91. The van der Waals surface area contributed by atoms with E-state index < -0.39 is 0 Å². The van der Waals surface area contributed by atoms with E-state index in [1.54, 1.807) is 0 Å². The van der Waals surface area contributed by atoms with E-state index in [4.69, 9.17) is 4.98 Å². The molecule has 2 aromatic rings. The molecule has 2 aromatic heterocycles. The zero-order valence-electron chi connectivity index (χ0n) is 12.1. The van der Waals surface area contributed by atoms with Crippen molar-refractivity contribution >= 4 is 27.8 Å². The Morgan fingerprint density at radius 3 is 2.95 bits per heavy atom. The molecule has 1 saturated carbocycles. The molecule has 0 aromatic carbocycles.